The van der Waals surface area contributed by atoms with Crippen molar-refractivity contribution in [3.05, 3.63) is 29.3 Å². The Morgan fingerprint density at radius 3 is 2.72 bits per heavy atom. The van der Waals surface area contributed by atoms with Gasteiger partial charge in [0.15, 0.2) is 0 Å². The Morgan fingerprint density at radius 1 is 1.39 bits per heavy atom. The molecule has 1 amide bonds. The van der Waals surface area contributed by atoms with E-state index >= 15 is 0 Å². The second-order valence-corrected chi connectivity index (χ2v) is 3.94. The first kappa shape index (κ1) is 14.0. The number of methoxy groups -OCH3 is 1. The number of para-hydroxylation sites is 1. The second kappa shape index (κ2) is 6.64. The van der Waals surface area contributed by atoms with Crippen LogP contribution < -0.4 is 10.1 Å². The summed E-state index contributed by atoms with van der Waals surface area (Å²) in [4.78, 5) is 21.7. The average Bonchev–Trinajstić information content (AvgIpc) is 2.33. The van der Waals surface area contributed by atoms with Gasteiger partial charge in [-0.1, -0.05) is 18.2 Å². The summed E-state index contributed by atoms with van der Waals surface area (Å²) in [6.07, 6.45) is 0.767. The topological polar surface area (TPSA) is 75.6 Å². The summed E-state index contributed by atoms with van der Waals surface area (Å²) < 4.78 is 5.28. The lowest BCUT2D eigenvalue weighted by atomic mass is 10.0. The van der Waals surface area contributed by atoms with Crippen molar-refractivity contribution >= 4 is 11.9 Å². The Morgan fingerprint density at radius 2 is 2.11 bits per heavy atom. The summed E-state index contributed by atoms with van der Waals surface area (Å²) in [7, 11) is 1.59. The van der Waals surface area contributed by atoms with E-state index in [0.717, 1.165) is 16.9 Å². The second-order valence-electron chi connectivity index (χ2n) is 3.94. The van der Waals surface area contributed by atoms with Gasteiger partial charge in [0, 0.05) is 6.42 Å². The largest absolute Gasteiger partial charge is 0.496 e. The molecule has 0 aliphatic heterocycles. The molecule has 0 atom stereocenters. The van der Waals surface area contributed by atoms with E-state index in [2.05, 4.69) is 5.32 Å². The summed E-state index contributed by atoms with van der Waals surface area (Å²) in [5, 5.41) is 10.8. The molecule has 18 heavy (non-hydrogen) atoms. The third kappa shape index (κ3) is 4.08. The predicted octanol–water partition coefficient (Wildman–Crippen LogP) is 1.14. The summed E-state index contributed by atoms with van der Waals surface area (Å²) in [5.41, 5.74) is 1.96. The highest BCUT2D eigenvalue weighted by molar-refractivity contribution is 5.81. The van der Waals surface area contributed by atoms with Gasteiger partial charge >= 0.3 is 5.97 Å². The third-order valence-electron chi connectivity index (χ3n) is 2.56. The van der Waals surface area contributed by atoms with E-state index in [1.807, 2.05) is 25.1 Å². The summed E-state index contributed by atoms with van der Waals surface area (Å²) in [5.74, 6) is -0.541. The van der Waals surface area contributed by atoms with Gasteiger partial charge in [0.1, 0.15) is 12.3 Å². The number of carbonyl (C=O) groups excluding carboxylic acids is 1. The molecule has 2 N–H and O–H groups in total. The van der Waals surface area contributed by atoms with Crippen LogP contribution in [0.4, 0.5) is 0 Å². The van der Waals surface area contributed by atoms with Gasteiger partial charge in [-0.05, 0) is 24.5 Å². The Hall–Kier alpha value is -2.04. The van der Waals surface area contributed by atoms with Crippen LogP contribution in [0.1, 0.15) is 17.5 Å². The summed E-state index contributed by atoms with van der Waals surface area (Å²) in [6.45, 7) is 1.59. The van der Waals surface area contributed by atoms with Crippen LogP contribution in [0.25, 0.3) is 0 Å². The molecule has 0 heterocycles. The van der Waals surface area contributed by atoms with E-state index in [9.17, 15) is 9.59 Å². The number of nitrogens with one attached hydrogen (secondary N) is 1. The Kier molecular flexibility index (Phi) is 5.17. The SMILES string of the molecule is COc1c(C)cccc1CCC(=O)NCC(=O)O. The number of hydrogen-bond acceptors (Lipinski definition) is 3. The van der Waals surface area contributed by atoms with Crippen LogP contribution in [0, 0.1) is 6.92 Å². The highest BCUT2D eigenvalue weighted by atomic mass is 16.5. The number of carbonyl (C=O) groups is 2. The standard InChI is InChI=1S/C13H17NO4/c1-9-4-3-5-10(13(9)18-2)6-7-11(15)14-8-12(16)17/h3-5H,6-8H2,1-2H3,(H,14,15)(H,16,17). The van der Waals surface area contributed by atoms with Gasteiger partial charge in [-0.25, -0.2) is 0 Å². The lowest BCUT2D eigenvalue weighted by molar-refractivity contribution is -0.137. The lowest BCUT2D eigenvalue weighted by Gasteiger charge is -2.10. The van der Waals surface area contributed by atoms with Crippen LogP contribution in [0.5, 0.6) is 5.75 Å². The molecule has 5 nitrogen and oxygen atoms in total. The zero-order valence-corrected chi connectivity index (χ0v) is 10.5. The molecule has 0 fully saturated rings. The fourth-order valence-electron chi connectivity index (χ4n) is 1.71. The molecular weight excluding hydrogens is 234 g/mol. The maximum absolute atomic E-state index is 11.4. The van der Waals surface area contributed by atoms with Crippen molar-refractivity contribution in [1.29, 1.82) is 0 Å². The highest BCUT2D eigenvalue weighted by Gasteiger charge is 2.09. The monoisotopic (exact) mass is 251 g/mol. The molecule has 1 aromatic carbocycles. The number of rotatable bonds is 6. The molecule has 0 spiro atoms. The first-order valence-electron chi connectivity index (χ1n) is 5.65. The van der Waals surface area contributed by atoms with Gasteiger partial charge in [0.05, 0.1) is 7.11 Å². The van der Waals surface area contributed by atoms with Gasteiger partial charge in [-0.15, -0.1) is 0 Å². The average molecular weight is 251 g/mol. The van der Waals surface area contributed by atoms with E-state index in [4.69, 9.17) is 9.84 Å². The van der Waals surface area contributed by atoms with Gasteiger partial charge in [-0.3, -0.25) is 9.59 Å². The first-order chi connectivity index (χ1) is 8.54. The molecule has 0 aromatic heterocycles. The van der Waals surface area contributed by atoms with Gasteiger partial charge < -0.3 is 15.2 Å². The van der Waals surface area contributed by atoms with Gasteiger partial charge in [0.25, 0.3) is 0 Å². The lowest BCUT2D eigenvalue weighted by Crippen LogP contribution is -2.29. The predicted molar refractivity (Wildman–Crippen MR) is 66.7 cm³/mol. The number of aliphatic carboxylic acids is 1. The van der Waals surface area contributed by atoms with Crippen LogP contribution in [0.3, 0.4) is 0 Å². The molecule has 0 aliphatic carbocycles. The molecule has 1 rings (SSSR count). The van der Waals surface area contributed by atoms with Crippen LogP contribution in [0.15, 0.2) is 18.2 Å². The van der Waals surface area contributed by atoms with E-state index in [-0.39, 0.29) is 18.9 Å². The number of aryl methyl sites for hydroxylation is 2. The zero-order chi connectivity index (χ0) is 13.5. The van der Waals surface area contributed by atoms with Crippen molar-refractivity contribution in [3.63, 3.8) is 0 Å². The molecule has 0 radical (unpaired) electrons. The van der Waals surface area contributed by atoms with Crippen molar-refractivity contribution in [2.45, 2.75) is 19.8 Å². The number of carboxylic acids is 1. The first-order valence-corrected chi connectivity index (χ1v) is 5.65. The molecule has 1 aromatic rings. The van der Waals surface area contributed by atoms with Crippen LogP contribution in [-0.4, -0.2) is 30.6 Å². The van der Waals surface area contributed by atoms with E-state index in [1.54, 1.807) is 7.11 Å². The molecular formula is C13H17NO4. The fraction of sp³-hybridized carbons (Fsp3) is 0.385. The Bertz CT molecular complexity index is 443. The van der Waals surface area contributed by atoms with Crippen LogP contribution >= 0.6 is 0 Å². The van der Waals surface area contributed by atoms with Crippen molar-refractivity contribution < 1.29 is 19.4 Å². The van der Waals surface area contributed by atoms with Crippen LogP contribution in [0.2, 0.25) is 0 Å². The highest BCUT2D eigenvalue weighted by Crippen LogP contribution is 2.23. The normalized spacial score (nSPS) is 9.89. The minimum atomic E-state index is -1.04. The van der Waals surface area contributed by atoms with Gasteiger partial charge in [-0.2, -0.15) is 0 Å². The number of benzene rings is 1. The van der Waals surface area contributed by atoms with Crippen molar-refractivity contribution in [2.24, 2.45) is 0 Å². The van der Waals surface area contributed by atoms with Crippen molar-refractivity contribution in [3.8, 4) is 5.75 Å². The summed E-state index contributed by atoms with van der Waals surface area (Å²) in [6, 6.07) is 5.74. The van der Waals surface area contributed by atoms with E-state index in [0.29, 0.717) is 6.42 Å². The van der Waals surface area contributed by atoms with E-state index in [1.165, 1.54) is 0 Å². The molecule has 0 saturated carbocycles. The van der Waals surface area contributed by atoms with E-state index < -0.39 is 5.97 Å². The molecule has 0 saturated heterocycles. The molecule has 0 bridgehead atoms. The minimum Gasteiger partial charge on any atom is -0.496 e. The van der Waals surface area contributed by atoms with Crippen LogP contribution in [-0.2, 0) is 16.0 Å². The maximum Gasteiger partial charge on any atom is 0.322 e. The number of hydrogen-bond donors (Lipinski definition) is 2. The molecule has 5 heteroatoms. The number of carboxylic acid groups (broad SMARTS) is 1. The zero-order valence-electron chi connectivity index (χ0n) is 10.5. The van der Waals surface area contributed by atoms with Gasteiger partial charge in [0.2, 0.25) is 5.91 Å². The fourth-order valence-corrected chi connectivity index (χ4v) is 1.71. The number of amides is 1. The molecule has 0 aliphatic rings. The maximum atomic E-state index is 11.4. The Labute approximate surface area is 106 Å². The minimum absolute atomic E-state index is 0.243. The van der Waals surface area contributed by atoms with Crippen molar-refractivity contribution in [2.75, 3.05) is 13.7 Å². The number of ether oxygens (including phenoxy) is 1. The third-order valence-corrected chi connectivity index (χ3v) is 2.56. The Balaban J connectivity index is 2.55. The quantitative estimate of drug-likeness (QED) is 0.795. The molecule has 98 valence electrons. The smallest absolute Gasteiger partial charge is 0.322 e. The molecule has 0 unspecified atom stereocenters. The van der Waals surface area contributed by atoms with Crippen molar-refractivity contribution in [1.82, 2.24) is 5.32 Å². The summed E-state index contributed by atoms with van der Waals surface area (Å²) >= 11 is 0.